The molecule has 26 heavy (non-hydrogen) atoms. The molecule has 140 valence electrons. The predicted molar refractivity (Wildman–Crippen MR) is 90.8 cm³/mol. The molecule has 2 N–H and O–H groups in total. The molecule has 1 fully saturated rings. The summed E-state index contributed by atoms with van der Waals surface area (Å²) in [6.45, 7) is 1.62. The van der Waals surface area contributed by atoms with Crippen LogP contribution in [-0.4, -0.2) is 30.7 Å². The molecule has 0 aliphatic carbocycles. The molecule has 2 heterocycles. The lowest BCUT2D eigenvalue weighted by atomic mass is 9.97. The number of ether oxygens (including phenoxy) is 1. The van der Waals surface area contributed by atoms with Gasteiger partial charge in [0.05, 0.1) is 5.01 Å². The maximum absolute atomic E-state index is 12.7. The van der Waals surface area contributed by atoms with Gasteiger partial charge in [-0.3, -0.25) is 0 Å². The summed E-state index contributed by atoms with van der Waals surface area (Å²) in [6.07, 6.45) is -4.98. The van der Waals surface area contributed by atoms with Gasteiger partial charge in [-0.25, -0.2) is 9.78 Å². The van der Waals surface area contributed by atoms with Crippen molar-refractivity contribution in [2.24, 2.45) is 5.92 Å². The maximum Gasteiger partial charge on any atom is 0.434 e. The number of carbonyl (C=O) groups excluding carboxylic acids is 1. The normalized spacial score (nSPS) is 20.1. The zero-order valence-electron chi connectivity index (χ0n) is 13.8. The second kappa shape index (κ2) is 8.05. The van der Waals surface area contributed by atoms with Crippen LogP contribution in [0.5, 0.6) is 0 Å². The smallest absolute Gasteiger partial charge is 0.434 e. The average molecular weight is 385 g/mol. The summed E-state index contributed by atoms with van der Waals surface area (Å²) in [6, 6.07) is 9.29. The topological polar surface area (TPSA) is 63.2 Å². The third-order valence-electron chi connectivity index (χ3n) is 4.19. The standard InChI is InChI=1S/C17H18F3N3O2S/c18-17(19,20)14-10-26-15(23-14)13-8-21-6-12(13)7-22-16(24)25-9-11-4-2-1-3-5-11/h1-5,10,12-13,21H,6-9H2,(H,22,24)/t12-,13?/m0/s1. The largest absolute Gasteiger partial charge is 0.445 e. The Hall–Kier alpha value is -2.13. The van der Waals surface area contributed by atoms with E-state index in [1.54, 1.807) is 0 Å². The summed E-state index contributed by atoms with van der Waals surface area (Å²) < 4.78 is 43.3. The molecule has 2 aromatic rings. The summed E-state index contributed by atoms with van der Waals surface area (Å²) in [5.74, 6) is -0.197. The quantitative estimate of drug-likeness (QED) is 0.828. The summed E-state index contributed by atoms with van der Waals surface area (Å²) in [5.41, 5.74) is 0.0175. The van der Waals surface area contributed by atoms with Crippen LogP contribution in [0.15, 0.2) is 35.7 Å². The summed E-state index contributed by atoms with van der Waals surface area (Å²) in [5, 5.41) is 7.30. The Bertz CT molecular complexity index is 736. The number of alkyl halides is 3. The van der Waals surface area contributed by atoms with Crippen molar-refractivity contribution in [2.45, 2.75) is 18.7 Å². The molecule has 1 aliphatic rings. The van der Waals surface area contributed by atoms with Crippen molar-refractivity contribution in [3.63, 3.8) is 0 Å². The van der Waals surface area contributed by atoms with E-state index in [9.17, 15) is 18.0 Å². The molecule has 1 unspecified atom stereocenters. The molecule has 0 radical (unpaired) electrons. The fraction of sp³-hybridized carbons (Fsp3) is 0.412. The fourth-order valence-corrected chi connectivity index (χ4v) is 3.83. The highest BCUT2D eigenvalue weighted by molar-refractivity contribution is 7.09. The Kier molecular flexibility index (Phi) is 5.77. The first-order chi connectivity index (χ1) is 12.4. The number of halogens is 3. The van der Waals surface area contributed by atoms with Crippen LogP contribution < -0.4 is 10.6 Å². The van der Waals surface area contributed by atoms with Gasteiger partial charge in [0.1, 0.15) is 6.61 Å². The molecule has 1 aromatic heterocycles. The van der Waals surface area contributed by atoms with Gasteiger partial charge in [-0.2, -0.15) is 13.2 Å². The fourth-order valence-electron chi connectivity index (χ4n) is 2.81. The van der Waals surface area contributed by atoms with Crippen molar-refractivity contribution in [2.75, 3.05) is 19.6 Å². The van der Waals surface area contributed by atoms with E-state index < -0.39 is 18.0 Å². The van der Waals surface area contributed by atoms with Crippen LogP contribution in [0, 0.1) is 5.92 Å². The van der Waals surface area contributed by atoms with Crippen LogP contribution >= 0.6 is 11.3 Å². The molecule has 5 nitrogen and oxygen atoms in total. The first-order valence-corrected chi connectivity index (χ1v) is 8.99. The van der Waals surface area contributed by atoms with E-state index in [4.69, 9.17) is 4.74 Å². The number of thiazole rings is 1. The number of alkyl carbamates (subject to hydrolysis) is 1. The second-order valence-electron chi connectivity index (χ2n) is 6.04. The average Bonchev–Trinajstić information content (AvgIpc) is 3.27. The SMILES string of the molecule is O=C(NC[C@@H]1CNCC1c1nc(C(F)(F)F)cs1)OCc1ccccc1. The lowest BCUT2D eigenvalue weighted by molar-refractivity contribution is -0.140. The number of benzene rings is 1. The molecule has 0 saturated carbocycles. The van der Waals surface area contributed by atoms with E-state index in [1.807, 2.05) is 30.3 Å². The van der Waals surface area contributed by atoms with E-state index in [0.29, 0.717) is 24.6 Å². The monoisotopic (exact) mass is 385 g/mol. The molecule has 1 aromatic carbocycles. The second-order valence-corrected chi connectivity index (χ2v) is 6.93. The third kappa shape index (κ3) is 4.73. The minimum absolute atomic E-state index is 0.0356. The van der Waals surface area contributed by atoms with Crippen LogP contribution in [0.2, 0.25) is 0 Å². The Balaban J connectivity index is 1.51. The lowest BCUT2D eigenvalue weighted by Gasteiger charge is -2.17. The first kappa shape index (κ1) is 18.7. The lowest BCUT2D eigenvalue weighted by Crippen LogP contribution is -2.32. The predicted octanol–water partition coefficient (Wildman–Crippen LogP) is 3.39. The van der Waals surface area contributed by atoms with Crippen molar-refractivity contribution < 1.29 is 22.7 Å². The van der Waals surface area contributed by atoms with Gasteiger partial charge in [-0.05, 0) is 11.5 Å². The van der Waals surface area contributed by atoms with Crippen molar-refractivity contribution in [1.29, 1.82) is 0 Å². The number of rotatable bonds is 5. The van der Waals surface area contributed by atoms with E-state index >= 15 is 0 Å². The zero-order valence-corrected chi connectivity index (χ0v) is 14.6. The Labute approximate surface area is 152 Å². The highest BCUT2D eigenvalue weighted by Crippen LogP contribution is 2.35. The van der Waals surface area contributed by atoms with Gasteiger partial charge < -0.3 is 15.4 Å². The summed E-state index contributed by atoms with van der Waals surface area (Å²) in [4.78, 5) is 15.6. The van der Waals surface area contributed by atoms with Gasteiger partial charge >= 0.3 is 12.3 Å². The van der Waals surface area contributed by atoms with Gasteiger partial charge in [-0.1, -0.05) is 30.3 Å². The summed E-state index contributed by atoms with van der Waals surface area (Å²) in [7, 11) is 0. The Morgan fingerprint density at radius 2 is 2.08 bits per heavy atom. The third-order valence-corrected chi connectivity index (χ3v) is 5.17. The number of amides is 1. The van der Waals surface area contributed by atoms with E-state index in [0.717, 1.165) is 22.3 Å². The van der Waals surface area contributed by atoms with Gasteiger partial charge in [-0.15, -0.1) is 11.3 Å². The number of hydrogen-bond donors (Lipinski definition) is 2. The minimum atomic E-state index is -4.43. The number of hydrogen-bond acceptors (Lipinski definition) is 5. The molecule has 1 aliphatic heterocycles. The van der Waals surface area contributed by atoms with Crippen molar-refractivity contribution in [1.82, 2.24) is 15.6 Å². The van der Waals surface area contributed by atoms with Crippen LogP contribution in [-0.2, 0) is 17.5 Å². The van der Waals surface area contributed by atoms with E-state index in [1.165, 1.54) is 0 Å². The number of nitrogens with zero attached hydrogens (tertiary/aromatic N) is 1. The Morgan fingerprint density at radius 1 is 1.31 bits per heavy atom. The van der Waals surface area contributed by atoms with Gasteiger partial charge in [0.2, 0.25) is 0 Å². The molecule has 0 bridgehead atoms. The molecule has 9 heteroatoms. The van der Waals surface area contributed by atoms with Gasteiger partial charge in [0.25, 0.3) is 0 Å². The van der Waals surface area contributed by atoms with Crippen molar-refractivity contribution in [3.05, 3.63) is 52.0 Å². The molecule has 0 spiro atoms. The molecule has 3 rings (SSSR count). The highest BCUT2D eigenvalue weighted by Gasteiger charge is 2.37. The molecular weight excluding hydrogens is 367 g/mol. The molecule has 2 atom stereocenters. The number of nitrogens with one attached hydrogen (secondary N) is 2. The van der Waals surface area contributed by atoms with E-state index in [2.05, 4.69) is 15.6 Å². The van der Waals surface area contributed by atoms with E-state index in [-0.39, 0.29) is 18.4 Å². The van der Waals surface area contributed by atoms with Crippen LogP contribution in [0.3, 0.4) is 0 Å². The minimum Gasteiger partial charge on any atom is -0.445 e. The first-order valence-electron chi connectivity index (χ1n) is 8.11. The summed E-state index contributed by atoms with van der Waals surface area (Å²) >= 11 is 1.00. The number of carbonyl (C=O) groups is 1. The maximum atomic E-state index is 12.7. The molecule has 1 amide bonds. The van der Waals surface area contributed by atoms with Crippen LogP contribution in [0.4, 0.5) is 18.0 Å². The van der Waals surface area contributed by atoms with Gasteiger partial charge in [0.15, 0.2) is 5.69 Å². The molecular formula is C17H18F3N3O2S. The Morgan fingerprint density at radius 3 is 2.77 bits per heavy atom. The number of aromatic nitrogens is 1. The van der Waals surface area contributed by atoms with Crippen LogP contribution in [0.25, 0.3) is 0 Å². The van der Waals surface area contributed by atoms with Crippen molar-refractivity contribution >= 4 is 17.4 Å². The highest BCUT2D eigenvalue weighted by atomic mass is 32.1. The van der Waals surface area contributed by atoms with Gasteiger partial charge in [0, 0.05) is 30.9 Å². The zero-order chi connectivity index (χ0) is 18.6. The molecule has 1 saturated heterocycles. The van der Waals surface area contributed by atoms with Crippen LogP contribution in [0.1, 0.15) is 22.2 Å². The van der Waals surface area contributed by atoms with Crippen molar-refractivity contribution in [3.8, 4) is 0 Å².